The Morgan fingerprint density at radius 1 is 1.22 bits per heavy atom. The smallest absolute Gasteiger partial charge is 0.237 e. The van der Waals surface area contributed by atoms with Crippen molar-refractivity contribution >= 4 is 5.91 Å². The molecule has 128 valence electrons. The van der Waals surface area contributed by atoms with Crippen molar-refractivity contribution in [1.82, 2.24) is 20.4 Å². The molecular formula is C18H30N4O. The Kier molecular flexibility index (Phi) is 5.70. The van der Waals surface area contributed by atoms with Gasteiger partial charge in [0.2, 0.25) is 5.91 Å². The third-order valence-electron chi connectivity index (χ3n) is 5.65. The summed E-state index contributed by atoms with van der Waals surface area (Å²) < 4.78 is 0. The highest BCUT2D eigenvalue weighted by molar-refractivity contribution is 5.81. The molecule has 5 nitrogen and oxygen atoms in total. The topological polar surface area (TPSA) is 61.0 Å². The fraction of sp³-hybridized carbons (Fsp3) is 0.778. The Hall–Kier alpha value is -1.36. The highest BCUT2D eigenvalue weighted by Crippen LogP contribution is 2.28. The van der Waals surface area contributed by atoms with Gasteiger partial charge in [-0.25, -0.2) is 0 Å². The van der Waals surface area contributed by atoms with Crippen LogP contribution in [-0.4, -0.2) is 46.2 Å². The highest BCUT2D eigenvalue weighted by atomic mass is 16.2. The van der Waals surface area contributed by atoms with E-state index in [0.29, 0.717) is 12.0 Å². The first kappa shape index (κ1) is 16.5. The molecule has 0 radical (unpaired) electrons. The third-order valence-corrected chi connectivity index (χ3v) is 5.65. The van der Waals surface area contributed by atoms with Crippen molar-refractivity contribution in [3.63, 3.8) is 0 Å². The SMILES string of the molecule is C[C@@H](C(=O)NC1CCCCCC1)N1CCC(c2cn[nH]c2)CC1. The van der Waals surface area contributed by atoms with Crippen LogP contribution in [0.15, 0.2) is 12.4 Å². The Bertz CT molecular complexity index is 471. The molecule has 2 N–H and O–H groups in total. The molecule has 0 spiro atoms. The lowest BCUT2D eigenvalue weighted by Gasteiger charge is -2.35. The van der Waals surface area contributed by atoms with Crippen LogP contribution < -0.4 is 5.32 Å². The van der Waals surface area contributed by atoms with E-state index in [1.807, 2.05) is 12.4 Å². The minimum Gasteiger partial charge on any atom is -0.352 e. The first-order chi connectivity index (χ1) is 11.2. The molecule has 1 saturated heterocycles. The lowest BCUT2D eigenvalue weighted by molar-refractivity contribution is -0.127. The van der Waals surface area contributed by atoms with Gasteiger partial charge in [-0.3, -0.25) is 14.8 Å². The van der Waals surface area contributed by atoms with E-state index in [9.17, 15) is 4.79 Å². The molecule has 3 rings (SSSR count). The summed E-state index contributed by atoms with van der Waals surface area (Å²) in [5.74, 6) is 0.806. The van der Waals surface area contributed by atoms with Crippen molar-refractivity contribution < 1.29 is 4.79 Å². The molecule has 1 atom stereocenters. The second-order valence-corrected chi connectivity index (χ2v) is 7.21. The summed E-state index contributed by atoms with van der Waals surface area (Å²) in [4.78, 5) is 14.9. The second-order valence-electron chi connectivity index (χ2n) is 7.21. The van der Waals surface area contributed by atoms with Gasteiger partial charge >= 0.3 is 0 Å². The number of amides is 1. The predicted molar refractivity (Wildman–Crippen MR) is 91.2 cm³/mol. The summed E-state index contributed by atoms with van der Waals surface area (Å²) in [7, 11) is 0. The summed E-state index contributed by atoms with van der Waals surface area (Å²) >= 11 is 0. The molecule has 1 aliphatic heterocycles. The largest absolute Gasteiger partial charge is 0.352 e. The van der Waals surface area contributed by atoms with Gasteiger partial charge in [0.05, 0.1) is 12.2 Å². The third kappa shape index (κ3) is 4.34. The van der Waals surface area contributed by atoms with Gasteiger partial charge in [0.25, 0.3) is 0 Å². The van der Waals surface area contributed by atoms with Gasteiger partial charge in [0.15, 0.2) is 0 Å². The molecule has 2 heterocycles. The van der Waals surface area contributed by atoms with Gasteiger partial charge in [-0.05, 0) is 57.2 Å². The van der Waals surface area contributed by atoms with E-state index in [-0.39, 0.29) is 11.9 Å². The monoisotopic (exact) mass is 318 g/mol. The Balaban J connectivity index is 1.46. The van der Waals surface area contributed by atoms with Crippen LogP contribution >= 0.6 is 0 Å². The zero-order chi connectivity index (χ0) is 16.1. The Morgan fingerprint density at radius 3 is 2.52 bits per heavy atom. The van der Waals surface area contributed by atoms with Crippen molar-refractivity contribution in [2.24, 2.45) is 0 Å². The maximum atomic E-state index is 12.6. The van der Waals surface area contributed by atoms with Crippen LogP contribution in [0.4, 0.5) is 0 Å². The van der Waals surface area contributed by atoms with Crippen LogP contribution in [0.1, 0.15) is 69.8 Å². The number of carbonyl (C=O) groups is 1. The maximum Gasteiger partial charge on any atom is 0.237 e. The van der Waals surface area contributed by atoms with Crippen LogP contribution in [0, 0.1) is 0 Å². The lowest BCUT2D eigenvalue weighted by Crippen LogP contribution is -2.50. The molecule has 2 fully saturated rings. The van der Waals surface area contributed by atoms with Gasteiger partial charge in [0, 0.05) is 12.2 Å². The summed E-state index contributed by atoms with van der Waals surface area (Å²) in [6, 6.07) is 0.388. The Morgan fingerprint density at radius 2 is 1.91 bits per heavy atom. The number of aromatic nitrogens is 2. The average molecular weight is 318 g/mol. The van der Waals surface area contributed by atoms with Crippen molar-refractivity contribution in [3.8, 4) is 0 Å². The normalized spacial score (nSPS) is 23.3. The van der Waals surface area contributed by atoms with Gasteiger partial charge < -0.3 is 5.32 Å². The zero-order valence-electron chi connectivity index (χ0n) is 14.3. The minimum absolute atomic E-state index is 0.0106. The fourth-order valence-electron chi connectivity index (χ4n) is 4.02. The van der Waals surface area contributed by atoms with Crippen LogP contribution in [0.2, 0.25) is 0 Å². The number of rotatable bonds is 4. The zero-order valence-corrected chi connectivity index (χ0v) is 14.3. The van der Waals surface area contributed by atoms with E-state index in [2.05, 4.69) is 27.3 Å². The minimum atomic E-state index is -0.0106. The molecule has 1 aliphatic carbocycles. The summed E-state index contributed by atoms with van der Waals surface area (Å²) in [6.07, 6.45) is 13.6. The van der Waals surface area contributed by atoms with Gasteiger partial charge in [-0.15, -0.1) is 0 Å². The van der Waals surface area contributed by atoms with Crippen molar-refractivity contribution in [3.05, 3.63) is 18.0 Å². The van der Waals surface area contributed by atoms with E-state index in [1.165, 1.54) is 31.2 Å². The van der Waals surface area contributed by atoms with Crippen molar-refractivity contribution in [1.29, 1.82) is 0 Å². The van der Waals surface area contributed by atoms with Crippen LogP contribution in [0.3, 0.4) is 0 Å². The summed E-state index contributed by atoms with van der Waals surface area (Å²) in [6.45, 7) is 4.05. The number of nitrogens with one attached hydrogen (secondary N) is 2. The average Bonchev–Trinajstić information content (AvgIpc) is 3.00. The standard InChI is InChI=1S/C18H30N4O/c1-14(18(23)21-17-6-4-2-3-5-7-17)22-10-8-15(9-11-22)16-12-19-20-13-16/h12-15,17H,2-11H2,1H3,(H,19,20)(H,21,23)/t14-/m0/s1. The number of H-pyrrole nitrogens is 1. The predicted octanol–water partition coefficient (Wildman–Crippen LogP) is 2.82. The molecule has 2 aliphatic rings. The molecular weight excluding hydrogens is 288 g/mol. The van der Waals surface area contributed by atoms with E-state index in [4.69, 9.17) is 0 Å². The maximum absolute atomic E-state index is 12.6. The molecule has 0 aromatic carbocycles. The molecule has 1 aromatic heterocycles. The molecule has 1 aromatic rings. The fourth-order valence-corrected chi connectivity index (χ4v) is 4.02. The quantitative estimate of drug-likeness (QED) is 0.839. The highest BCUT2D eigenvalue weighted by Gasteiger charge is 2.28. The van der Waals surface area contributed by atoms with Crippen LogP contribution in [0.25, 0.3) is 0 Å². The number of nitrogens with zero attached hydrogens (tertiary/aromatic N) is 2. The van der Waals surface area contributed by atoms with Crippen LogP contribution in [-0.2, 0) is 4.79 Å². The number of carbonyl (C=O) groups excluding carboxylic acids is 1. The Labute approximate surface area is 139 Å². The first-order valence-electron chi connectivity index (χ1n) is 9.27. The number of aromatic amines is 1. The summed E-state index contributed by atoms with van der Waals surface area (Å²) in [5.41, 5.74) is 1.31. The first-order valence-corrected chi connectivity index (χ1v) is 9.27. The van der Waals surface area contributed by atoms with Gasteiger partial charge in [0.1, 0.15) is 0 Å². The molecule has 1 saturated carbocycles. The van der Waals surface area contributed by atoms with Gasteiger partial charge in [-0.1, -0.05) is 25.7 Å². The molecule has 1 amide bonds. The van der Waals surface area contributed by atoms with Crippen LogP contribution in [0.5, 0.6) is 0 Å². The van der Waals surface area contributed by atoms with E-state index in [1.54, 1.807) is 0 Å². The summed E-state index contributed by atoms with van der Waals surface area (Å²) in [5, 5.41) is 10.3. The lowest BCUT2D eigenvalue weighted by atomic mass is 9.91. The van der Waals surface area contributed by atoms with Crippen molar-refractivity contribution in [2.45, 2.75) is 76.3 Å². The van der Waals surface area contributed by atoms with Crippen molar-refractivity contribution in [2.75, 3.05) is 13.1 Å². The molecule has 5 heteroatoms. The van der Waals surface area contributed by atoms with E-state index in [0.717, 1.165) is 38.8 Å². The molecule has 0 unspecified atom stereocenters. The van der Waals surface area contributed by atoms with Gasteiger partial charge in [-0.2, -0.15) is 5.10 Å². The second kappa shape index (κ2) is 7.95. The number of hydrogen-bond donors (Lipinski definition) is 2. The number of hydrogen-bond acceptors (Lipinski definition) is 3. The number of likely N-dealkylation sites (tertiary alicyclic amines) is 1. The van der Waals surface area contributed by atoms with E-state index < -0.39 is 0 Å². The number of piperidine rings is 1. The molecule has 0 bridgehead atoms. The molecule has 23 heavy (non-hydrogen) atoms. The van der Waals surface area contributed by atoms with E-state index >= 15 is 0 Å².